The van der Waals surface area contributed by atoms with Crippen molar-refractivity contribution in [2.75, 3.05) is 26.2 Å². The van der Waals surface area contributed by atoms with E-state index in [-0.39, 0.29) is 17.9 Å². The Labute approximate surface area is 153 Å². The van der Waals surface area contributed by atoms with Gasteiger partial charge in [0.05, 0.1) is 11.6 Å². The molecular weight excluding hydrogens is 340 g/mol. The molecule has 5 nitrogen and oxygen atoms in total. The van der Waals surface area contributed by atoms with Gasteiger partial charge in [-0.1, -0.05) is 18.5 Å². The summed E-state index contributed by atoms with van der Waals surface area (Å²) in [7, 11) is 0. The normalized spacial score (nSPS) is 18.7. The smallest absolute Gasteiger partial charge is 0.253 e. The van der Waals surface area contributed by atoms with Crippen LogP contribution in [0.2, 0.25) is 5.02 Å². The van der Waals surface area contributed by atoms with Gasteiger partial charge in [0.2, 0.25) is 5.91 Å². The minimum atomic E-state index is -0.00450. The number of likely N-dealkylation sites (tertiary alicyclic amines) is 2. The zero-order chi connectivity index (χ0) is 17.8. The topological polar surface area (TPSA) is 49.9 Å². The summed E-state index contributed by atoms with van der Waals surface area (Å²) in [6.45, 7) is 4.87. The second-order valence-corrected chi connectivity index (χ2v) is 7.11. The summed E-state index contributed by atoms with van der Waals surface area (Å²) in [5, 5.41) is 0.469. The molecule has 2 aliphatic rings. The molecule has 0 atom stereocenters. The standard InChI is InChI=1S/C19H25ClN2O3/c1-2-12-25-17-6-5-14(13-16(17)20)19(24)21-10-7-15(8-11-21)22-9-3-4-18(22)23/h5-6,13,15H,2-4,7-12H2,1H3. The molecule has 0 aliphatic carbocycles. The first-order valence-electron chi connectivity index (χ1n) is 9.11. The summed E-state index contributed by atoms with van der Waals surface area (Å²) in [6, 6.07) is 5.51. The molecule has 3 rings (SSSR count). The number of amides is 2. The lowest BCUT2D eigenvalue weighted by atomic mass is 10.0. The lowest BCUT2D eigenvalue weighted by Gasteiger charge is -2.36. The highest BCUT2D eigenvalue weighted by molar-refractivity contribution is 6.32. The van der Waals surface area contributed by atoms with Gasteiger partial charge < -0.3 is 14.5 Å². The van der Waals surface area contributed by atoms with Crippen LogP contribution in [0.3, 0.4) is 0 Å². The van der Waals surface area contributed by atoms with Crippen molar-refractivity contribution in [1.29, 1.82) is 0 Å². The highest BCUT2D eigenvalue weighted by Gasteiger charge is 2.32. The third-order valence-electron chi connectivity index (χ3n) is 4.94. The average Bonchev–Trinajstić information content (AvgIpc) is 3.06. The van der Waals surface area contributed by atoms with Gasteiger partial charge in [0, 0.05) is 37.7 Å². The zero-order valence-corrected chi connectivity index (χ0v) is 15.4. The summed E-state index contributed by atoms with van der Waals surface area (Å²) in [5.41, 5.74) is 0.588. The third kappa shape index (κ3) is 4.09. The number of nitrogens with zero attached hydrogens (tertiary/aromatic N) is 2. The Morgan fingerprint density at radius 3 is 2.64 bits per heavy atom. The van der Waals surface area contributed by atoms with Gasteiger partial charge >= 0.3 is 0 Å². The highest BCUT2D eigenvalue weighted by Crippen LogP contribution is 2.27. The molecule has 2 fully saturated rings. The third-order valence-corrected chi connectivity index (χ3v) is 5.24. The van der Waals surface area contributed by atoms with E-state index in [2.05, 4.69) is 0 Å². The van der Waals surface area contributed by atoms with E-state index in [4.69, 9.17) is 16.3 Å². The van der Waals surface area contributed by atoms with Crippen LogP contribution in [0.1, 0.15) is 49.4 Å². The van der Waals surface area contributed by atoms with Gasteiger partial charge in [-0.25, -0.2) is 0 Å². The number of ether oxygens (including phenoxy) is 1. The predicted octanol–water partition coefficient (Wildman–Crippen LogP) is 3.36. The maximum atomic E-state index is 12.7. The molecular formula is C19H25ClN2O3. The van der Waals surface area contributed by atoms with Gasteiger partial charge in [-0.05, 0) is 43.9 Å². The molecule has 1 aromatic carbocycles. The Morgan fingerprint density at radius 2 is 2.04 bits per heavy atom. The molecule has 2 amide bonds. The summed E-state index contributed by atoms with van der Waals surface area (Å²) in [4.78, 5) is 28.4. The Balaban J connectivity index is 1.59. The van der Waals surface area contributed by atoms with E-state index in [1.165, 1.54) is 0 Å². The second-order valence-electron chi connectivity index (χ2n) is 6.71. The molecule has 0 N–H and O–H groups in total. The van der Waals surface area contributed by atoms with Gasteiger partial charge in [0.25, 0.3) is 5.91 Å². The number of benzene rings is 1. The first-order valence-corrected chi connectivity index (χ1v) is 9.49. The Morgan fingerprint density at radius 1 is 1.28 bits per heavy atom. The number of carbonyl (C=O) groups is 2. The summed E-state index contributed by atoms with van der Waals surface area (Å²) < 4.78 is 5.55. The van der Waals surface area contributed by atoms with Gasteiger partial charge in [-0.2, -0.15) is 0 Å². The zero-order valence-electron chi connectivity index (χ0n) is 14.7. The molecule has 0 spiro atoms. The van der Waals surface area contributed by atoms with Crippen LogP contribution in [0.25, 0.3) is 0 Å². The van der Waals surface area contributed by atoms with E-state index in [1.807, 2.05) is 16.7 Å². The van der Waals surface area contributed by atoms with E-state index < -0.39 is 0 Å². The van der Waals surface area contributed by atoms with Crippen LogP contribution in [-0.2, 0) is 4.79 Å². The molecule has 1 aromatic rings. The molecule has 2 aliphatic heterocycles. The summed E-state index contributed by atoms with van der Waals surface area (Å²) >= 11 is 6.23. The fraction of sp³-hybridized carbons (Fsp3) is 0.579. The van der Waals surface area contributed by atoms with E-state index >= 15 is 0 Å². The number of hydrogen-bond acceptors (Lipinski definition) is 3. The van der Waals surface area contributed by atoms with E-state index in [1.54, 1.807) is 18.2 Å². The molecule has 6 heteroatoms. The molecule has 0 radical (unpaired) electrons. The molecule has 2 heterocycles. The van der Waals surface area contributed by atoms with Crippen LogP contribution in [0.15, 0.2) is 18.2 Å². The predicted molar refractivity (Wildman–Crippen MR) is 97.1 cm³/mol. The average molecular weight is 365 g/mol. The SMILES string of the molecule is CCCOc1ccc(C(=O)N2CCC(N3CCCC3=O)CC2)cc1Cl. The van der Waals surface area contributed by atoms with Crippen LogP contribution >= 0.6 is 11.6 Å². The number of piperidine rings is 1. The molecule has 0 unspecified atom stereocenters. The van der Waals surface area contributed by atoms with Gasteiger partial charge in [0.1, 0.15) is 5.75 Å². The van der Waals surface area contributed by atoms with Crippen molar-refractivity contribution in [2.45, 2.75) is 45.1 Å². The number of hydrogen-bond donors (Lipinski definition) is 0. The van der Waals surface area contributed by atoms with Crippen LogP contribution < -0.4 is 4.74 Å². The van der Waals surface area contributed by atoms with E-state index in [0.717, 1.165) is 32.2 Å². The number of carbonyl (C=O) groups excluding carboxylic acids is 2. The quantitative estimate of drug-likeness (QED) is 0.805. The van der Waals surface area contributed by atoms with Crippen molar-refractivity contribution in [3.8, 4) is 5.75 Å². The summed E-state index contributed by atoms with van der Waals surface area (Å²) in [6.07, 6.45) is 4.24. The molecule has 136 valence electrons. The molecule has 2 saturated heterocycles. The molecule has 25 heavy (non-hydrogen) atoms. The number of halogens is 1. The minimum Gasteiger partial charge on any atom is -0.492 e. The fourth-order valence-corrected chi connectivity index (χ4v) is 3.82. The molecule has 0 aromatic heterocycles. The monoisotopic (exact) mass is 364 g/mol. The van der Waals surface area contributed by atoms with Crippen LogP contribution in [0.4, 0.5) is 0 Å². The largest absolute Gasteiger partial charge is 0.492 e. The minimum absolute atomic E-state index is 0.00450. The van der Waals surface area contributed by atoms with E-state index in [0.29, 0.717) is 42.5 Å². The lowest BCUT2D eigenvalue weighted by Crippen LogP contribution is -2.47. The van der Waals surface area contributed by atoms with Crippen LogP contribution in [0, 0.1) is 0 Å². The Kier molecular flexibility index (Phi) is 5.84. The molecule has 0 bridgehead atoms. The first-order chi connectivity index (χ1) is 12.1. The fourth-order valence-electron chi connectivity index (χ4n) is 3.58. The summed E-state index contributed by atoms with van der Waals surface area (Å²) in [5.74, 6) is 0.876. The Hall–Kier alpha value is -1.75. The maximum absolute atomic E-state index is 12.7. The highest BCUT2D eigenvalue weighted by atomic mass is 35.5. The molecule has 0 saturated carbocycles. The van der Waals surface area contributed by atoms with Crippen molar-refractivity contribution in [3.63, 3.8) is 0 Å². The van der Waals surface area contributed by atoms with Crippen LogP contribution in [-0.4, -0.2) is 53.9 Å². The van der Waals surface area contributed by atoms with Crippen molar-refractivity contribution in [1.82, 2.24) is 9.80 Å². The number of rotatable bonds is 5. The van der Waals surface area contributed by atoms with Gasteiger partial charge in [0.15, 0.2) is 0 Å². The van der Waals surface area contributed by atoms with Gasteiger partial charge in [-0.3, -0.25) is 9.59 Å². The first kappa shape index (κ1) is 18.1. The van der Waals surface area contributed by atoms with Crippen molar-refractivity contribution in [3.05, 3.63) is 28.8 Å². The van der Waals surface area contributed by atoms with E-state index in [9.17, 15) is 9.59 Å². The lowest BCUT2D eigenvalue weighted by molar-refractivity contribution is -0.130. The van der Waals surface area contributed by atoms with Crippen molar-refractivity contribution < 1.29 is 14.3 Å². The van der Waals surface area contributed by atoms with Gasteiger partial charge in [-0.15, -0.1) is 0 Å². The second kappa shape index (κ2) is 8.09. The Bertz CT molecular complexity index is 642. The van der Waals surface area contributed by atoms with Crippen LogP contribution in [0.5, 0.6) is 5.75 Å². The maximum Gasteiger partial charge on any atom is 0.253 e. The van der Waals surface area contributed by atoms with Crippen molar-refractivity contribution in [2.24, 2.45) is 0 Å². The van der Waals surface area contributed by atoms with Crippen molar-refractivity contribution >= 4 is 23.4 Å².